The van der Waals surface area contributed by atoms with Crippen LogP contribution in [-0.4, -0.2) is 54.2 Å². The first-order chi connectivity index (χ1) is 13.4. The van der Waals surface area contributed by atoms with Crippen LogP contribution in [0.5, 0.6) is 0 Å². The van der Waals surface area contributed by atoms with Gasteiger partial charge in [0.1, 0.15) is 17.3 Å². The SMILES string of the molecule is Cc1cc(N2CCCC2)nc(N2CCN(c3cccc(C(F)(F)F)n3)CC2)n1. The van der Waals surface area contributed by atoms with Gasteiger partial charge >= 0.3 is 6.18 Å². The standard InChI is InChI=1S/C19H23F3N6/c1-14-13-17(26-7-2-3-8-26)25-18(23-14)28-11-9-27(10-12-28)16-6-4-5-15(24-16)19(20,21)22/h4-6,13H,2-3,7-12H2,1H3. The van der Waals surface area contributed by atoms with Gasteiger partial charge in [0.2, 0.25) is 5.95 Å². The van der Waals surface area contributed by atoms with Crippen LogP contribution in [-0.2, 0) is 6.18 Å². The predicted molar refractivity (Wildman–Crippen MR) is 102 cm³/mol. The quantitative estimate of drug-likeness (QED) is 0.800. The minimum Gasteiger partial charge on any atom is -0.356 e. The van der Waals surface area contributed by atoms with Gasteiger partial charge in [0.05, 0.1) is 0 Å². The molecule has 6 nitrogen and oxygen atoms in total. The van der Waals surface area contributed by atoms with Crippen molar-refractivity contribution < 1.29 is 13.2 Å². The molecule has 0 N–H and O–H groups in total. The van der Waals surface area contributed by atoms with Crippen molar-refractivity contribution in [3.8, 4) is 0 Å². The number of hydrogen-bond acceptors (Lipinski definition) is 6. The highest BCUT2D eigenvalue weighted by atomic mass is 19.4. The Morgan fingerprint density at radius 3 is 2.11 bits per heavy atom. The molecule has 2 aromatic rings. The molecule has 2 aromatic heterocycles. The van der Waals surface area contributed by atoms with Gasteiger partial charge in [-0.3, -0.25) is 0 Å². The Bertz CT molecular complexity index is 827. The van der Waals surface area contributed by atoms with Crippen molar-refractivity contribution in [3.63, 3.8) is 0 Å². The second kappa shape index (κ2) is 7.44. The summed E-state index contributed by atoms with van der Waals surface area (Å²) in [5.41, 5.74) is 0.0681. The van der Waals surface area contributed by atoms with Gasteiger partial charge in [-0.25, -0.2) is 9.97 Å². The molecule has 28 heavy (non-hydrogen) atoms. The van der Waals surface area contributed by atoms with Crippen LogP contribution in [0, 0.1) is 6.92 Å². The lowest BCUT2D eigenvalue weighted by Gasteiger charge is -2.36. The Balaban J connectivity index is 1.46. The summed E-state index contributed by atoms with van der Waals surface area (Å²) in [5.74, 6) is 2.01. The van der Waals surface area contributed by atoms with E-state index in [9.17, 15) is 13.2 Å². The van der Waals surface area contributed by atoms with Crippen molar-refractivity contribution in [2.24, 2.45) is 0 Å². The van der Waals surface area contributed by atoms with Gasteiger partial charge in [0.15, 0.2) is 0 Å². The molecule has 0 aliphatic carbocycles. The second-order valence-corrected chi connectivity index (χ2v) is 7.21. The second-order valence-electron chi connectivity index (χ2n) is 7.21. The van der Waals surface area contributed by atoms with E-state index in [0.29, 0.717) is 37.9 Å². The van der Waals surface area contributed by atoms with E-state index in [1.165, 1.54) is 18.9 Å². The summed E-state index contributed by atoms with van der Waals surface area (Å²) in [7, 11) is 0. The lowest BCUT2D eigenvalue weighted by molar-refractivity contribution is -0.141. The average Bonchev–Trinajstić information content (AvgIpc) is 3.22. The summed E-state index contributed by atoms with van der Waals surface area (Å²) < 4.78 is 38.7. The molecule has 9 heteroatoms. The Morgan fingerprint density at radius 2 is 1.43 bits per heavy atom. The van der Waals surface area contributed by atoms with E-state index in [1.807, 2.05) is 17.9 Å². The smallest absolute Gasteiger partial charge is 0.356 e. The zero-order valence-corrected chi connectivity index (χ0v) is 15.8. The number of rotatable bonds is 3. The predicted octanol–water partition coefficient (Wildman–Crippen LogP) is 3.13. The number of pyridine rings is 1. The monoisotopic (exact) mass is 392 g/mol. The fraction of sp³-hybridized carbons (Fsp3) is 0.526. The van der Waals surface area contributed by atoms with Crippen molar-refractivity contribution in [1.29, 1.82) is 0 Å². The minimum atomic E-state index is -4.43. The van der Waals surface area contributed by atoms with Crippen LogP contribution in [0.3, 0.4) is 0 Å². The molecule has 0 saturated carbocycles. The van der Waals surface area contributed by atoms with Crippen LogP contribution < -0.4 is 14.7 Å². The van der Waals surface area contributed by atoms with Crippen molar-refractivity contribution in [3.05, 3.63) is 35.7 Å². The van der Waals surface area contributed by atoms with Crippen LogP contribution >= 0.6 is 0 Å². The molecule has 2 saturated heterocycles. The Morgan fingerprint density at radius 1 is 0.786 bits per heavy atom. The molecule has 4 heterocycles. The first kappa shape index (κ1) is 18.8. The van der Waals surface area contributed by atoms with Gasteiger partial charge in [-0.05, 0) is 31.9 Å². The van der Waals surface area contributed by atoms with Crippen molar-refractivity contribution in [2.45, 2.75) is 25.9 Å². The van der Waals surface area contributed by atoms with Crippen molar-refractivity contribution in [2.75, 3.05) is 54.0 Å². The molecule has 0 unspecified atom stereocenters. The highest BCUT2D eigenvalue weighted by Gasteiger charge is 2.33. The summed E-state index contributed by atoms with van der Waals surface area (Å²) in [6, 6.07) is 6.04. The Hall–Kier alpha value is -2.58. The fourth-order valence-corrected chi connectivity index (χ4v) is 3.68. The van der Waals surface area contributed by atoms with Gasteiger partial charge < -0.3 is 14.7 Å². The Kier molecular flexibility index (Phi) is 4.99. The number of piperazine rings is 1. The van der Waals surface area contributed by atoms with Gasteiger partial charge in [-0.1, -0.05) is 6.07 Å². The zero-order chi connectivity index (χ0) is 19.7. The largest absolute Gasteiger partial charge is 0.433 e. The number of alkyl halides is 3. The van der Waals surface area contributed by atoms with Crippen LogP contribution in [0.15, 0.2) is 24.3 Å². The average molecular weight is 392 g/mol. The third-order valence-corrected chi connectivity index (χ3v) is 5.17. The third kappa shape index (κ3) is 3.98. The number of aromatic nitrogens is 3. The summed E-state index contributed by atoms with van der Waals surface area (Å²) in [5, 5.41) is 0. The molecule has 0 amide bonds. The van der Waals surface area contributed by atoms with Gasteiger partial charge in [-0.2, -0.15) is 18.2 Å². The number of aryl methyl sites for hydroxylation is 1. The van der Waals surface area contributed by atoms with Crippen LogP contribution in [0.1, 0.15) is 24.2 Å². The number of anilines is 3. The fourth-order valence-electron chi connectivity index (χ4n) is 3.68. The molecule has 2 aliphatic heterocycles. The van der Waals surface area contributed by atoms with E-state index >= 15 is 0 Å². The molecule has 150 valence electrons. The summed E-state index contributed by atoms with van der Waals surface area (Å²) in [4.78, 5) is 19.4. The number of nitrogens with zero attached hydrogens (tertiary/aromatic N) is 6. The first-order valence-corrected chi connectivity index (χ1v) is 9.55. The van der Waals surface area contributed by atoms with Crippen LogP contribution in [0.2, 0.25) is 0 Å². The van der Waals surface area contributed by atoms with E-state index < -0.39 is 11.9 Å². The summed E-state index contributed by atoms with van der Waals surface area (Å²) in [6.45, 7) is 6.43. The molecule has 0 atom stereocenters. The van der Waals surface area contributed by atoms with Gasteiger partial charge in [-0.15, -0.1) is 0 Å². The highest BCUT2D eigenvalue weighted by Crippen LogP contribution is 2.29. The molecule has 4 rings (SSSR count). The maximum atomic E-state index is 12.9. The van der Waals surface area contributed by atoms with Gasteiger partial charge in [0, 0.05) is 51.0 Å². The van der Waals surface area contributed by atoms with E-state index in [4.69, 9.17) is 4.98 Å². The lowest BCUT2D eigenvalue weighted by Crippen LogP contribution is -2.47. The summed E-state index contributed by atoms with van der Waals surface area (Å²) >= 11 is 0. The molecular weight excluding hydrogens is 369 g/mol. The lowest BCUT2D eigenvalue weighted by atomic mass is 10.3. The maximum absolute atomic E-state index is 12.9. The summed E-state index contributed by atoms with van der Waals surface area (Å²) in [6.07, 6.45) is -2.07. The topological polar surface area (TPSA) is 48.4 Å². The van der Waals surface area contributed by atoms with Crippen molar-refractivity contribution >= 4 is 17.6 Å². The molecule has 2 aliphatic rings. The van der Waals surface area contributed by atoms with E-state index in [2.05, 4.69) is 19.8 Å². The van der Waals surface area contributed by atoms with Crippen LogP contribution in [0.4, 0.5) is 30.8 Å². The maximum Gasteiger partial charge on any atom is 0.433 e. The van der Waals surface area contributed by atoms with Crippen molar-refractivity contribution in [1.82, 2.24) is 15.0 Å². The molecule has 0 aromatic carbocycles. The van der Waals surface area contributed by atoms with E-state index in [0.717, 1.165) is 30.7 Å². The normalized spacial score (nSPS) is 18.1. The van der Waals surface area contributed by atoms with E-state index in [1.54, 1.807) is 6.07 Å². The third-order valence-electron chi connectivity index (χ3n) is 5.17. The molecule has 0 spiro atoms. The molecule has 2 fully saturated rings. The molecular formula is C19H23F3N6. The Labute approximate surface area is 162 Å². The number of halogens is 3. The molecule has 0 bridgehead atoms. The first-order valence-electron chi connectivity index (χ1n) is 9.55. The van der Waals surface area contributed by atoms with E-state index in [-0.39, 0.29) is 0 Å². The minimum absolute atomic E-state index is 0.359. The highest BCUT2D eigenvalue weighted by molar-refractivity contribution is 5.48. The van der Waals surface area contributed by atoms with Gasteiger partial charge in [0.25, 0.3) is 0 Å². The van der Waals surface area contributed by atoms with Crippen LogP contribution in [0.25, 0.3) is 0 Å². The number of hydrogen-bond donors (Lipinski definition) is 0. The molecule has 0 radical (unpaired) electrons. The zero-order valence-electron chi connectivity index (χ0n) is 15.8.